The van der Waals surface area contributed by atoms with Gasteiger partial charge in [0.05, 0.1) is 12.6 Å². The quantitative estimate of drug-likeness (QED) is 0.767. The van der Waals surface area contributed by atoms with Crippen LogP contribution in [0.4, 0.5) is 10.5 Å². The minimum atomic E-state index is -0.581. The molecule has 9 heteroatoms. The van der Waals surface area contributed by atoms with Crippen molar-refractivity contribution in [3.8, 4) is 11.5 Å². The number of urea groups is 1. The number of anilines is 1. The van der Waals surface area contributed by atoms with Gasteiger partial charge in [-0.3, -0.25) is 15.0 Å². The highest BCUT2D eigenvalue weighted by molar-refractivity contribution is 6.01. The number of amides is 3. The van der Waals surface area contributed by atoms with Crippen LogP contribution in [-0.4, -0.2) is 46.7 Å². The van der Waals surface area contributed by atoms with Crippen LogP contribution in [0.25, 0.3) is 0 Å². The van der Waals surface area contributed by atoms with Gasteiger partial charge in [0.15, 0.2) is 11.5 Å². The average molecular weight is 357 g/mol. The first-order valence-electron chi connectivity index (χ1n) is 8.43. The lowest BCUT2D eigenvalue weighted by molar-refractivity contribution is -0.121. The average Bonchev–Trinajstić information content (AvgIpc) is 3.35. The molecule has 2 aliphatic heterocycles. The fraction of sp³-hybridized carbons (Fsp3) is 0.353. The molecule has 0 spiro atoms. The summed E-state index contributed by atoms with van der Waals surface area (Å²) in [5.41, 5.74) is 0.522. The Labute approximate surface area is 149 Å². The van der Waals surface area contributed by atoms with Crippen molar-refractivity contribution >= 4 is 17.6 Å². The third-order valence-corrected chi connectivity index (χ3v) is 4.43. The van der Waals surface area contributed by atoms with Crippen LogP contribution in [0.2, 0.25) is 0 Å². The number of nitrogens with zero attached hydrogens (tertiary/aromatic N) is 2. The molecule has 1 saturated heterocycles. The van der Waals surface area contributed by atoms with Crippen LogP contribution >= 0.6 is 0 Å². The Hall–Kier alpha value is -3.07. The van der Waals surface area contributed by atoms with Gasteiger partial charge in [-0.15, -0.1) is 0 Å². The number of carbonyl (C=O) groups is 2. The van der Waals surface area contributed by atoms with Crippen LogP contribution in [-0.2, 0) is 4.79 Å². The van der Waals surface area contributed by atoms with Gasteiger partial charge >= 0.3 is 6.03 Å². The molecule has 1 unspecified atom stereocenters. The fourth-order valence-electron chi connectivity index (χ4n) is 3.27. The highest BCUT2D eigenvalue weighted by Gasteiger charge is 2.29. The Kier molecular flexibility index (Phi) is 4.44. The molecule has 136 valence electrons. The van der Waals surface area contributed by atoms with E-state index in [0.29, 0.717) is 17.2 Å². The third kappa shape index (κ3) is 3.47. The number of fused-ring (bicyclic) bond motifs is 1. The second kappa shape index (κ2) is 7.04. The number of benzene rings is 1. The van der Waals surface area contributed by atoms with Gasteiger partial charge in [0.2, 0.25) is 12.7 Å². The zero-order valence-corrected chi connectivity index (χ0v) is 14.0. The molecule has 1 aromatic carbocycles. The molecule has 2 aliphatic rings. The molecule has 0 bridgehead atoms. The number of imide groups is 1. The van der Waals surface area contributed by atoms with E-state index in [-0.39, 0.29) is 25.3 Å². The zero-order chi connectivity index (χ0) is 17.9. The Morgan fingerprint density at radius 3 is 3.04 bits per heavy atom. The number of nitrogens with one attached hydrogen (secondary N) is 3. The first-order chi connectivity index (χ1) is 12.7. The van der Waals surface area contributed by atoms with Gasteiger partial charge < -0.3 is 19.8 Å². The zero-order valence-electron chi connectivity index (χ0n) is 14.0. The molecule has 3 N–H and O–H groups in total. The Morgan fingerprint density at radius 2 is 2.19 bits per heavy atom. The minimum Gasteiger partial charge on any atom is -0.454 e. The Bertz CT molecular complexity index is 807. The minimum absolute atomic E-state index is 0.0765. The van der Waals surface area contributed by atoms with E-state index < -0.39 is 6.03 Å². The molecule has 4 rings (SSSR count). The summed E-state index contributed by atoms with van der Waals surface area (Å²) in [6.45, 7) is 1.10. The van der Waals surface area contributed by atoms with Crippen molar-refractivity contribution in [2.75, 3.05) is 25.2 Å². The van der Waals surface area contributed by atoms with E-state index in [1.165, 1.54) is 0 Å². The van der Waals surface area contributed by atoms with Gasteiger partial charge in [0, 0.05) is 24.1 Å². The smallest absolute Gasteiger partial charge is 0.325 e. The lowest BCUT2D eigenvalue weighted by atomic mass is 10.2. The van der Waals surface area contributed by atoms with Gasteiger partial charge in [-0.2, -0.15) is 0 Å². The van der Waals surface area contributed by atoms with Gasteiger partial charge in [-0.25, -0.2) is 9.78 Å². The Balaban J connectivity index is 1.31. The van der Waals surface area contributed by atoms with Crippen molar-refractivity contribution in [1.82, 2.24) is 20.2 Å². The van der Waals surface area contributed by atoms with Crippen LogP contribution in [0.1, 0.15) is 24.7 Å². The first kappa shape index (κ1) is 16.4. The van der Waals surface area contributed by atoms with E-state index in [1.54, 1.807) is 30.6 Å². The van der Waals surface area contributed by atoms with Gasteiger partial charge in [0.1, 0.15) is 5.82 Å². The lowest BCUT2D eigenvalue weighted by Gasteiger charge is -2.21. The molecule has 2 aromatic rings. The molecule has 1 atom stereocenters. The summed E-state index contributed by atoms with van der Waals surface area (Å²) in [7, 11) is 0. The summed E-state index contributed by atoms with van der Waals surface area (Å²) < 4.78 is 10.5. The van der Waals surface area contributed by atoms with E-state index in [4.69, 9.17) is 9.47 Å². The molecule has 3 heterocycles. The van der Waals surface area contributed by atoms with Crippen molar-refractivity contribution in [1.29, 1.82) is 0 Å². The van der Waals surface area contributed by atoms with Crippen LogP contribution in [0.3, 0.4) is 0 Å². The van der Waals surface area contributed by atoms with Crippen molar-refractivity contribution < 1.29 is 19.1 Å². The number of aromatic amines is 1. The fourth-order valence-corrected chi connectivity index (χ4v) is 3.27. The number of H-pyrrole nitrogens is 1. The van der Waals surface area contributed by atoms with Gasteiger partial charge in [-0.1, -0.05) is 0 Å². The maximum atomic E-state index is 12.2. The number of rotatable bonds is 4. The normalized spacial score (nSPS) is 18.7. The molecule has 0 saturated carbocycles. The maximum Gasteiger partial charge on any atom is 0.325 e. The highest BCUT2D eigenvalue weighted by atomic mass is 16.7. The predicted octanol–water partition coefficient (Wildman–Crippen LogP) is 1.62. The second-order valence-electron chi connectivity index (χ2n) is 6.17. The van der Waals surface area contributed by atoms with E-state index in [1.807, 2.05) is 4.90 Å². The number of carbonyl (C=O) groups excluding carboxylic acids is 2. The van der Waals surface area contributed by atoms with E-state index >= 15 is 0 Å². The van der Waals surface area contributed by atoms with Gasteiger partial charge in [-0.05, 0) is 31.5 Å². The summed E-state index contributed by atoms with van der Waals surface area (Å²) in [4.78, 5) is 33.6. The van der Waals surface area contributed by atoms with E-state index in [2.05, 4.69) is 20.6 Å². The van der Waals surface area contributed by atoms with Crippen molar-refractivity contribution in [3.63, 3.8) is 0 Å². The molecular formula is C17H19N5O4. The summed E-state index contributed by atoms with van der Waals surface area (Å²) in [5.74, 6) is 1.68. The Morgan fingerprint density at radius 1 is 1.31 bits per heavy atom. The standard InChI is InChI=1S/C17H19N5O4/c23-15(9-22-7-1-2-12(22)16-18-5-6-19-16)21-17(24)20-11-3-4-13-14(8-11)26-10-25-13/h3-6,8,12H,1-2,7,9-10H2,(H,18,19)(H2,20,21,23,24). The SMILES string of the molecule is O=C(CN1CCCC1c1ncc[nH]1)NC(=O)Nc1ccc2c(c1)OCO2. The number of aromatic nitrogens is 2. The van der Waals surface area contributed by atoms with E-state index in [0.717, 1.165) is 25.2 Å². The number of hydrogen-bond acceptors (Lipinski definition) is 6. The molecule has 26 heavy (non-hydrogen) atoms. The molecule has 9 nitrogen and oxygen atoms in total. The van der Waals surface area contributed by atoms with Crippen LogP contribution in [0.5, 0.6) is 11.5 Å². The maximum absolute atomic E-state index is 12.2. The summed E-state index contributed by atoms with van der Waals surface area (Å²) in [5, 5.41) is 4.98. The van der Waals surface area contributed by atoms with Crippen LogP contribution in [0, 0.1) is 0 Å². The monoisotopic (exact) mass is 357 g/mol. The van der Waals surface area contributed by atoms with Crippen molar-refractivity contribution in [3.05, 3.63) is 36.4 Å². The summed E-state index contributed by atoms with van der Waals surface area (Å²) >= 11 is 0. The second-order valence-corrected chi connectivity index (χ2v) is 6.17. The number of imidazole rings is 1. The molecule has 0 radical (unpaired) electrons. The molecular weight excluding hydrogens is 338 g/mol. The highest BCUT2D eigenvalue weighted by Crippen LogP contribution is 2.34. The molecule has 0 aliphatic carbocycles. The molecule has 1 aromatic heterocycles. The van der Waals surface area contributed by atoms with E-state index in [9.17, 15) is 9.59 Å². The summed E-state index contributed by atoms with van der Waals surface area (Å²) in [6, 6.07) is 4.54. The largest absolute Gasteiger partial charge is 0.454 e. The van der Waals surface area contributed by atoms with Crippen molar-refractivity contribution in [2.45, 2.75) is 18.9 Å². The van der Waals surface area contributed by atoms with Crippen LogP contribution < -0.4 is 20.1 Å². The summed E-state index contributed by atoms with van der Waals surface area (Å²) in [6.07, 6.45) is 5.39. The van der Waals surface area contributed by atoms with Crippen LogP contribution in [0.15, 0.2) is 30.6 Å². The number of ether oxygens (including phenoxy) is 2. The van der Waals surface area contributed by atoms with Crippen molar-refractivity contribution in [2.24, 2.45) is 0 Å². The first-order valence-corrected chi connectivity index (χ1v) is 8.43. The topological polar surface area (TPSA) is 109 Å². The van der Waals surface area contributed by atoms with Gasteiger partial charge in [0.25, 0.3) is 0 Å². The third-order valence-electron chi connectivity index (χ3n) is 4.43. The molecule has 1 fully saturated rings. The molecule has 3 amide bonds. The lowest BCUT2D eigenvalue weighted by Crippen LogP contribution is -2.41. The number of likely N-dealkylation sites (tertiary alicyclic amines) is 1. The number of hydrogen-bond donors (Lipinski definition) is 3. The predicted molar refractivity (Wildman–Crippen MR) is 91.9 cm³/mol.